The lowest BCUT2D eigenvalue weighted by Gasteiger charge is -2.34. The molecule has 1 heteroatoms. The molecule has 0 radical (unpaired) electrons. The van der Waals surface area contributed by atoms with Gasteiger partial charge in [-0.25, -0.2) is 0 Å². The van der Waals surface area contributed by atoms with E-state index in [9.17, 15) is 0 Å². The lowest BCUT2D eigenvalue weighted by atomic mass is 9.75. The summed E-state index contributed by atoms with van der Waals surface area (Å²) in [7, 11) is 2.11. The van der Waals surface area contributed by atoms with Crippen LogP contribution < -0.4 is 5.32 Å². The van der Waals surface area contributed by atoms with Gasteiger partial charge >= 0.3 is 0 Å². The van der Waals surface area contributed by atoms with Gasteiger partial charge < -0.3 is 5.32 Å². The van der Waals surface area contributed by atoms with Gasteiger partial charge in [-0.1, -0.05) is 38.5 Å². The van der Waals surface area contributed by atoms with Crippen LogP contribution in [0.2, 0.25) is 0 Å². The van der Waals surface area contributed by atoms with Crippen molar-refractivity contribution < 1.29 is 0 Å². The van der Waals surface area contributed by atoms with Crippen LogP contribution in [0.3, 0.4) is 0 Å². The van der Waals surface area contributed by atoms with Crippen LogP contribution in [0.25, 0.3) is 0 Å². The van der Waals surface area contributed by atoms with Gasteiger partial charge in [0.25, 0.3) is 0 Å². The predicted octanol–water partition coefficient (Wildman–Crippen LogP) is 4.39. The maximum atomic E-state index is 3.56. The Hall–Kier alpha value is -0.820. The van der Waals surface area contributed by atoms with Gasteiger partial charge in [-0.2, -0.15) is 0 Å². The van der Waals surface area contributed by atoms with Crippen molar-refractivity contribution in [2.24, 2.45) is 11.3 Å². The molecule has 1 nitrogen and oxygen atoms in total. The molecule has 0 heterocycles. The van der Waals surface area contributed by atoms with Crippen molar-refractivity contribution in [1.29, 1.82) is 0 Å². The Morgan fingerprint density at radius 2 is 1.94 bits per heavy atom. The number of nitrogens with one attached hydrogen (secondary N) is 1. The third kappa shape index (κ3) is 2.47. The summed E-state index contributed by atoms with van der Waals surface area (Å²) in [5, 5.41) is 3.56. The average Bonchev–Trinajstić information content (AvgIpc) is 2.65. The molecule has 1 N–H and O–H groups in total. The van der Waals surface area contributed by atoms with Crippen LogP contribution >= 0.6 is 0 Å². The molecule has 0 saturated heterocycles. The molecular formula is C17H27N. The summed E-state index contributed by atoms with van der Waals surface area (Å²) < 4.78 is 0. The molecular weight excluding hydrogens is 218 g/mol. The minimum atomic E-state index is 0.465. The zero-order valence-electron chi connectivity index (χ0n) is 12.5. The molecule has 0 aliphatic heterocycles. The van der Waals surface area contributed by atoms with Crippen LogP contribution in [0.1, 0.15) is 55.8 Å². The molecule has 1 saturated carbocycles. The minimum Gasteiger partial charge on any atom is -0.313 e. The monoisotopic (exact) mass is 245 g/mol. The molecule has 18 heavy (non-hydrogen) atoms. The molecule has 0 amide bonds. The predicted molar refractivity (Wildman–Crippen MR) is 78.8 cm³/mol. The highest BCUT2D eigenvalue weighted by molar-refractivity contribution is 5.32. The summed E-state index contributed by atoms with van der Waals surface area (Å²) in [5.74, 6) is 0.754. The first-order valence-electron chi connectivity index (χ1n) is 7.20. The maximum absolute atomic E-state index is 3.56. The fourth-order valence-electron chi connectivity index (χ4n) is 3.53. The Morgan fingerprint density at radius 1 is 1.22 bits per heavy atom. The second kappa shape index (κ2) is 5.05. The van der Waals surface area contributed by atoms with E-state index < -0.39 is 0 Å². The van der Waals surface area contributed by atoms with E-state index in [1.807, 2.05) is 0 Å². The molecule has 0 spiro atoms. The summed E-state index contributed by atoms with van der Waals surface area (Å²) >= 11 is 0. The number of hydrogen-bond acceptors (Lipinski definition) is 1. The number of rotatable bonds is 3. The van der Waals surface area contributed by atoms with Crippen molar-refractivity contribution in [1.82, 2.24) is 5.32 Å². The van der Waals surface area contributed by atoms with Gasteiger partial charge in [0.1, 0.15) is 0 Å². The summed E-state index contributed by atoms with van der Waals surface area (Å²) in [4.78, 5) is 0. The van der Waals surface area contributed by atoms with Gasteiger partial charge in [-0.05, 0) is 61.8 Å². The highest BCUT2D eigenvalue weighted by Crippen LogP contribution is 2.48. The van der Waals surface area contributed by atoms with Gasteiger partial charge in [0, 0.05) is 6.04 Å². The smallest absolute Gasteiger partial charge is 0.0351 e. The van der Waals surface area contributed by atoms with Crippen molar-refractivity contribution in [3.05, 3.63) is 34.9 Å². The largest absolute Gasteiger partial charge is 0.313 e. The summed E-state index contributed by atoms with van der Waals surface area (Å²) in [5.41, 5.74) is 4.72. The van der Waals surface area contributed by atoms with Gasteiger partial charge in [-0.15, -0.1) is 0 Å². The lowest BCUT2D eigenvalue weighted by molar-refractivity contribution is 0.203. The van der Waals surface area contributed by atoms with E-state index in [4.69, 9.17) is 0 Å². The highest BCUT2D eigenvalue weighted by Gasteiger charge is 2.39. The van der Waals surface area contributed by atoms with E-state index in [2.05, 4.69) is 58.3 Å². The standard InChI is InChI=1S/C17H27N/c1-12-8-9-14(11-13(12)2)16(18-5)15-7-6-10-17(15,3)4/h8-9,11,15-16,18H,6-7,10H2,1-5H3. The van der Waals surface area contributed by atoms with E-state index in [-0.39, 0.29) is 0 Å². The number of hydrogen-bond donors (Lipinski definition) is 1. The van der Waals surface area contributed by atoms with Crippen molar-refractivity contribution in [3.63, 3.8) is 0 Å². The molecule has 1 fully saturated rings. The Kier molecular flexibility index (Phi) is 3.82. The minimum absolute atomic E-state index is 0.465. The van der Waals surface area contributed by atoms with Crippen molar-refractivity contribution >= 4 is 0 Å². The lowest BCUT2D eigenvalue weighted by Crippen LogP contribution is -2.32. The SMILES string of the molecule is CNC(c1ccc(C)c(C)c1)C1CCCC1(C)C. The highest BCUT2D eigenvalue weighted by atomic mass is 14.9. The van der Waals surface area contributed by atoms with E-state index in [1.54, 1.807) is 0 Å². The Bertz CT molecular complexity index is 420. The van der Waals surface area contributed by atoms with Crippen molar-refractivity contribution in [3.8, 4) is 0 Å². The molecule has 2 unspecified atom stereocenters. The quantitative estimate of drug-likeness (QED) is 0.832. The van der Waals surface area contributed by atoms with Crippen LogP contribution in [0, 0.1) is 25.2 Å². The maximum Gasteiger partial charge on any atom is 0.0351 e. The van der Waals surface area contributed by atoms with Crippen molar-refractivity contribution in [2.45, 2.75) is 53.0 Å². The Labute approximate surface area is 112 Å². The summed E-state index contributed by atoms with van der Waals surface area (Å²) in [6.07, 6.45) is 4.09. The molecule has 1 aliphatic carbocycles. The molecule has 1 aromatic carbocycles. The third-order valence-electron chi connectivity index (χ3n) is 4.94. The number of benzene rings is 1. The normalized spacial score (nSPS) is 24.2. The third-order valence-corrected chi connectivity index (χ3v) is 4.94. The Morgan fingerprint density at radius 3 is 2.44 bits per heavy atom. The topological polar surface area (TPSA) is 12.0 Å². The van der Waals surface area contributed by atoms with Crippen LogP contribution in [-0.4, -0.2) is 7.05 Å². The first kappa shape index (κ1) is 13.6. The molecule has 2 rings (SSSR count). The first-order valence-corrected chi connectivity index (χ1v) is 7.20. The molecule has 0 bridgehead atoms. The van der Waals surface area contributed by atoms with E-state index in [1.165, 1.54) is 36.0 Å². The Balaban J connectivity index is 2.30. The van der Waals surface area contributed by atoms with Crippen LogP contribution in [-0.2, 0) is 0 Å². The van der Waals surface area contributed by atoms with Crippen molar-refractivity contribution in [2.75, 3.05) is 7.05 Å². The average molecular weight is 245 g/mol. The molecule has 1 aliphatic rings. The fraction of sp³-hybridized carbons (Fsp3) is 0.647. The fourth-order valence-corrected chi connectivity index (χ4v) is 3.53. The van der Waals surface area contributed by atoms with Gasteiger partial charge in [0.15, 0.2) is 0 Å². The van der Waals surface area contributed by atoms with E-state index >= 15 is 0 Å². The summed E-state index contributed by atoms with van der Waals surface area (Å²) in [6.45, 7) is 9.25. The molecule has 0 aromatic heterocycles. The van der Waals surface area contributed by atoms with E-state index in [0.717, 1.165) is 5.92 Å². The van der Waals surface area contributed by atoms with Gasteiger partial charge in [-0.3, -0.25) is 0 Å². The zero-order valence-corrected chi connectivity index (χ0v) is 12.5. The number of aryl methyl sites for hydroxylation is 2. The first-order chi connectivity index (χ1) is 8.45. The molecule has 2 atom stereocenters. The van der Waals surface area contributed by atoms with Crippen LogP contribution in [0.15, 0.2) is 18.2 Å². The van der Waals surface area contributed by atoms with E-state index in [0.29, 0.717) is 11.5 Å². The second-order valence-electron chi connectivity index (χ2n) is 6.60. The van der Waals surface area contributed by atoms with Crippen LogP contribution in [0.5, 0.6) is 0 Å². The summed E-state index contributed by atoms with van der Waals surface area (Å²) in [6, 6.07) is 7.43. The molecule has 1 aromatic rings. The van der Waals surface area contributed by atoms with Gasteiger partial charge in [0.05, 0.1) is 0 Å². The van der Waals surface area contributed by atoms with Gasteiger partial charge in [0.2, 0.25) is 0 Å². The zero-order chi connectivity index (χ0) is 13.3. The molecule has 100 valence electrons. The second-order valence-corrected chi connectivity index (χ2v) is 6.60. The van der Waals surface area contributed by atoms with Crippen LogP contribution in [0.4, 0.5) is 0 Å².